The van der Waals surface area contributed by atoms with Crippen LogP contribution in [0, 0.1) is 0 Å². The SMILES string of the molecule is CCON1C(C)(C)CC(OCC(O)CN2C(C)(C)CC(NCCCCCCNC3CC(C)(C)N(CC(O)COC4CC(C)(C)N(OCC)C(C)(C)C4)C(C)(C)C3)CC2(C)C)CC1(C)C. The Morgan fingerprint density at radius 2 is 0.719 bits per heavy atom. The number of hydroxylamine groups is 4. The number of β-amino-alcohol motifs (C(OH)–C–C–N with tert-alkyl or cyclic N) is 2. The number of nitrogens with zero attached hydrogens (tertiary/aromatic N) is 4. The Bertz CT molecular complexity index is 1240. The van der Waals surface area contributed by atoms with Gasteiger partial charge in [-0.15, -0.1) is 0 Å². The number of unbranched alkanes of at least 4 members (excludes halogenated alkanes) is 3. The smallest absolute Gasteiger partial charge is 0.0900 e. The average Bonchev–Trinajstić information content (AvgIpc) is 3.12. The van der Waals surface area contributed by atoms with Crippen molar-refractivity contribution < 1.29 is 29.4 Å². The van der Waals surface area contributed by atoms with Crippen LogP contribution >= 0.6 is 0 Å². The molecular formula is C52H104N6O6. The highest BCUT2D eigenvalue weighted by molar-refractivity contribution is 5.05. The summed E-state index contributed by atoms with van der Waals surface area (Å²) < 4.78 is 12.9. The second kappa shape index (κ2) is 22.1. The lowest BCUT2D eigenvalue weighted by Gasteiger charge is -2.56. The van der Waals surface area contributed by atoms with Crippen LogP contribution in [0.3, 0.4) is 0 Å². The lowest BCUT2D eigenvalue weighted by atomic mass is 9.76. The molecule has 0 amide bonds. The van der Waals surface area contributed by atoms with Gasteiger partial charge in [-0.1, -0.05) is 12.8 Å². The number of aliphatic hydroxyl groups is 2. The Morgan fingerprint density at radius 3 is 0.984 bits per heavy atom. The number of hydrogen-bond donors (Lipinski definition) is 4. The quantitative estimate of drug-likeness (QED) is 0.0738. The minimum atomic E-state index is -0.536. The molecule has 2 unspecified atom stereocenters. The van der Waals surface area contributed by atoms with Gasteiger partial charge in [-0.3, -0.25) is 19.5 Å². The van der Waals surface area contributed by atoms with Gasteiger partial charge in [0.25, 0.3) is 0 Å². The molecule has 0 radical (unpaired) electrons. The topological polar surface area (TPSA) is 114 Å². The molecule has 0 aromatic carbocycles. The number of rotatable bonds is 23. The summed E-state index contributed by atoms with van der Waals surface area (Å²) in [6, 6.07) is 0.929. The van der Waals surface area contributed by atoms with Gasteiger partial charge in [0.2, 0.25) is 0 Å². The van der Waals surface area contributed by atoms with Crippen LogP contribution in [-0.4, -0.2) is 164 Å². The van der Waals surface area contributed by atoms with Crippen molar-refractivity contribution in [3.63, 3.8) is 0 Å². The van der Waals surface area contributed by atoms with E-state index in [1.807, 2.05) is 13.8 Å². The molecule has 12 nitrogen and oxygen atoms in total. The van der Waals surface area contributed by atoms with Gasteiger partial charge in [-0.25, -0.2) is 0 Å². The molecule has 4 fully saturated rings. The second-order valence-corrected chi connectivity index (χ2v) is 25.7. The molecule has 0 bridgehead atoms. The van der Waals surface area contributed by atoms with E-state index in [2.05, 4.69) is 141 Å². The van der Waals surface area contributed by atoms with Gasteiger partial charge in [-0.2, -0.15) is 10.1 Å². The van der Waals surface area contributed by atoms with Crippen molar-refractivity contribution in [2.75, 3.05) is 52.6 Å². The summed E-state index contributed by atoms with van der Waals surface area (Å²) in [6.45, 7) is 46.1. The fourth-order valence-corrected chi connectivity index (χ4v) is 13.7. The van der Waals surface area contributed by atoms with E-state index in [9.17, 15) is 10.2 Å². The molecule has 12 heteroatoms. The standard InChI is InChI=1S/C52H104N6O6/c1-19-63-57-49(11,12)31-43(32-50(57,13)14)61-37-41(59)35-55-45(3,4)27-39(28-46(55,5)6)53-25-23-21-22-24-26-54-40-29-47(7,8)56(48(9,10)30-40)36-42(60)38-62-44-33-51(15,16)58(64-20-2)52(17,18)34-44/h39-44,53-54,59-60H,19-38H2,1-18H3. The first kappa shape index (κ1) is 56.1. The minimum absolute atomic E-state index is 0.0379. The van der Waals surface area contributed by atoms with Crippen LogP contribution in [-0.2, 0) is 19.1 Å². The number of hydrogen-bond acceptors (Lipinski definition) is 12. The van der Waals surface area contributed by atoms with Crippen LogP contribution in [0.2, 0.25) is 0 Å². The van der Waals surface area contributed by atoms with Crippen molar-refractivity contribution in [1.29, 1.82) is 0 Å². The van der Waals surface area contributed by atoms with E-state index in [1.54, 1.807) is 0 Å². The molecule has 0 spiro atoms. The molecule has 0 aromatic heterocycles. The summed E-state index contributed by atoms with van der Waals surface area (Å²) in [6.07, 6.45) is 11.8. The fourth-order valence-electron chi connectivity index (χ4n) is 13.7. The predicted molar refractivity (Wildman–Crippen MR) is 263 cm³/mol. The van der Waals surface area contributed by atoms with Crippen LogP contribution in [0.4, 0.5) is 0 Å². The molecule has 378 valence electrons. The first-order valence-electron chi connectivity index (χ1n) is 25.9. The van der Waals surface area contributed by atoms with Crippen molar-refractivity contribution in [2.24, 2.45) is 0 Å². The fraction of sp³-hybridized carbons (Fsp3) is 1.00. The molecule has 4 aliphatic heterocycles. The lowest BCUT2D eigenvalue weighted by Crippen LogP contribution is -2.65. The Labute approximate surface area is 393 Å². The molecule has 4 rings (SSSR count). The molecule has 2 atom stereocenters. The highest BCUT2D eigenvalue weighted by atomic mass is 16.7. The van der Waals surface area contributed by atoms with Gasteiger partial charge in [0, 0.05) is 69.5 Å². The van der Waals surface area contributed by atoms with E-state index in [4.69, 9.17) is 19.1 Å². The van der Waals surface area contributed by atoms with Crippen LogP contribution in [0.5, 0.6) is 0 Å². The van der Waals surface area contributed by atoms with Crippen LogP contribution in [0.1, 0.15) is 202 Å². The highest BCUT2D eigenvalue weighted by Crippen LogP contribution is 2.43. The van der Waals surface area contributed by atoms with Gasteiger partial charge in [-0.05, 0) is 202 Å². The second-order valence-electron chi connectivity index (χ2n) is 25.7. The molecule has 64 heavy (non-hydrogen) atoms. The van der Waals surface area contributed by atoms with E-state index < -0.39 is 12.2 Å². The predicted octanol–water partition coefficient (Wildman–Crippen LogP) is 8.47. The minimum Gasteiger partial charge on any atom is -0.389 e. The van der Waals surface area contributed by atoms with E-state index >= 15 is 0 Å². The van der Waals surface area contributed by atoms with Crippen molar-refractivity contribution in [1.82, 2.24) is 30.6 Å². The monoisotopic (exact) mass is 909 g/mol. The lowest BCUT2D eigenvalue weighted by molar-refractivity contribution is -0.293. The molecule has 4 heterocycles. The summed E-state index contributed by atoms with van der Waals surface area (Å²) in [5.74, 6) is 0. The summed E-state index contributed by atoms with van der Waals surface area (Å²) >= 11 is 0. The number of aliphatic hydroxyl groups excluding tert-OH is 2. The van der Waals surface area contributed by atoms with Gasteiger partial charge < -0.3 is 30.3 Å². The largest absolute Gasteiger partial charge is 0.389 e. The third kappa shape index (κ3) is 15.0. The van der Waals surface area contributed by atoms with Crippen molar-refractivity contribution in [3.8, 4) is 0 Å². The number of ether oxygens (including phenoxy) is 2. The Hall–Kier alpha value is -0.480. The maximum Gasteiger partial charge on any atom is 0.0900 e. The molecule has 4 N–H and O–H groups in total. The third-order valence-electron chi connectivity index (χ3n) is 15.3. The van der Waals surface area contributed by atoms with Crippen LogP contribution < -0.4 is 10.6 Å². The van der Waals surface area contributed by atoms with Gasteiger partial charge >= 0.3 is 0 Å². The van der Waals surface area contributed by atoms with Gasteiger partial charge in [0.1, 0.15) is 0 Å². The summed E-state index contributed by atoms with van der Waals surface area (Å²) in [7, 11) is 0. The maximum atomic E-state index is 11.3. The molecule has 0 saturated carbocycles. The maximum absolute atomic E-state index is 11.3. The van der Waals surface area contributed by atoms with Crippen molar-refractivity contribution >= 4 is 0 Å². The number of likely N-dealkylation sites (tertiary alicyclic amines) is 2. The molecular weight excluding hydrogens is 805 g/mol. The van der Waals surface area contributed by atoms with Crippen LogP contribution in [0.15, 0.2) is 0 Å². The Morgan fingerprint density at radius 1 is 0.438 bits per heavy atom. The van der Waals surface area contributed by atoms with Crippen LogP contribution in [0.25, 0.3) is 0 Å². The summed E-state index contributed by atoms with van der Waals surface area (Å²) in [5, 5.41) is 34.9. The Balaban J connectivity index is 1.12. The van der Waals surface area contributed by atoms with Gasteiger partial charge in [0.15, 0.2) is 0 Å². The van der Waals surface area contributed by atoms with Crippen molar-refractivity contribution in [2.45, 2.75) is 282 Å². The van der Waals surface area contributed by atoms with E-state index in [-0.39, 0.29) is 56.5 Å². The van der Waals surface area contributed by atoms with E-state index in [0.717, 1.165) is 64.5 Å². The normalized spacial score (nSPS) is 27.8. The summed E-state index contributed by atoms with van der Waals surface area (Å²) in [5.41, 5.74) is -0.701. The molecule has 0 aromatic rings. The van der Waals surface area contributed by atoms with Crippen molar-refractivity contribution in [3.05, 3.63) is 0 Å². The number of piperidine rings is 4. The van der Waals surface area contributed by atoms with E-state index in [0.29, 0.717) is 51.6 Å². The molecule has 0 aliphatic carbocycles. The first-order valence-corrected chi connectivity index (χ1v) is 25.9. The first-order chi connectivity index (χ1) is 29.4. The zero-order valence-electron chi connectivity index (χ0n) is 44.9. The third-order valence-corrected chi connectivity index (χ3v) is 15.3. The zero-order valence-corrected chi connectivity index (χ0v) is 44.9. The van der Waals surface area contributed by atoms with Gasteiger partial charge in [0.05, 0.1) is 50.8 Å². The average molecular weight is 909 g/mol. The summed E-state index contributed by atoms with van der Waals surface area (Å²) in [4.78, 5) is 17.2. The van der Waals surface area contributed by atoms with E-state index in [1.165, 1.54) is 25.7 Å². The molecule has 4 aliphatic rings. The number of nitrogens with one attached hydrogen (secondary N) is 2. The molecule has 4 saturated heterocycles. The highest BCUT2D eigenvalue weighted by Gasteiger charge is 2.50. The Kier molecular flexibility index (Phi) is 19.4. The zero-order chi connectivity index (χ0) is 48.2.